The highest BCUT2D eigenvalue weighted by atomic mass is 32.2. The molecule has 7 nitrogen and oxygen atoms in total. The summed E-state index contributed by atoms with van der Waals surface area (Å²) < 4.78 is 37.9. The maximum Gasteiger partial charge on any atom is 0.264 e. The first-order valence-corrected chi connectivity index (χ1v) is 11.1. The van der Waals surface area contributed by atoms with Gasteiger partial charge in [-0.1, -0.05) is 18.2 Å². The van der Waals surface area contributed by atoms with Crippen LogP contribution in [0.2, 0.25) is 0 Å². The second-order valence-corrected chi connectivity index (χ2v) is 8.41. The molecule has 0 spiro atoms. The Labute approximate surface area is 182 Å². The van der Waals surface area contributed by atoms with Crippen molar-refractivity contribution in [1.29, 1.82) is 0 Å². The summed E-state index contributed by atoms with van der Waals surface area (Å²) in [5.74, 6) is 0.652. The van der Waals surface area contributed by atoms with Crippen LogP contribution in [0.4, 0.5) is 11.4 Å². The number of benzene rings is 3. The maximum atomic E-state index is 13.1. The number of carbonyl (C=O) groups excluding carboxylic acids is 1. The Kier molecular flexibility index (Phi) is 6.81. The van der Waals surface area contributed by atoms with Gasteiger partial charge in [-0.2, -0.15) is 0 Å². The van der Waals surface area contributed by atoms with E-state index in [0.29, 0.717) is 28.4 Å². The van der Waals surface area contributed by atoms with Gasteiger partial charge in [0, 0.05) is 18.2 Å². The minimum absolute atomic E-state index is 0.105. The molecule has 0 atom stereocenters. The molecule has 0 aliphatic heterocycles. The monoisotopic (exact) mass is 440 g/mol. The fourth-order valence-corrected chi connectivity index (χ4v) is 4.57. The molecule has 0 aliphatic rings. The highest BCUT2D eigenvalue weighted by Crippen LogP contribution is 2.29. The van der Waals surface area contributed by atoms with Crippen molar-refractivity contribution in [2.75, 3.05) is 30.4 Å². The van der Waals surface area contributed by atoms with Gasteiger partial charge in [-0.05, 0) is 55.5 Å². The van der Waals surface area contributed by atoms with Gasteiger partial charge < -0.3 is 14.8 Å². The number of nitrogens with one attached hydrogen (secondary N) is 1. The van der Waals surface area contributed by atoms with Crippen molar-refractivity contribution in [2.45, 2.75) is 11.8 Å². The van der Waals surface area contributed by atoms with Gasteiger partial charge in [-0.25, -0.2) is 8.42 Å². The lowest BCUT2D eigenvalue weighted by atomic mass is 10.2. The molecule has 3 aromatic rings. The third kappa shape index (κ3) is 4.80. The van der Waals surface area contributed by atoms with E-state index in [4.69, 9.17) is 9.47 Å². The molecule has 3 aromatic carbocycles. The van der Waals surface area contributed by atoms with Crippen molar-refractivity contribution in [3.05, 3.63) is 78.4 Å². The molecule has 0 fully saturated rings. The third-order valence-electron chi connectivity index (χ3n) is 4.69. The molecular weight excluding hydrogens is 416 g/mol. The largest absolute Gasteiger partial charge is 0.497 e. The van der Waals surface area contributed by atoms with Crippen molar-refractivity contribution in [1.82, 2.24) is 0 Å². The number of anilines is 2. The normalized spacial score (nSPS) is 10.9. The van der Waals surface area contributed by atoms with E-state index in [-0.39, 0.29) is 11.4 Å². The van der Waals surface area contributed by atoms with E-state index < -0.39 is 15.9 Å². The van der Waals surface area contributed by atoms with Crippen LogP contribution in [-0.2, 0) is 10.0 Å². The topological polar surface area (TPSA) is 84.9 Å². The molecule has 8 heteroatoms. The summed E-state index contributed by atoms with van der Waals surface area (Å²) in [6, 6.07) is 19.8. The third-order valence-corrected chi connectivity index (χ3v) is 6.61. The Morgan fingerprint density at radius 1 is 0.935 bits per heavy atom. The zero-order chi connectivity index (χ0) is 22.4. The highest BCUT2D eigenvalue weighted by molar-refractivity contribution is 7.92. The number of hydrogen-bond donors (Lipinski definition) is 1. The first-order chi connectivity index (χ1) is 14.9. The average Bonchev–Trinajstić information content (AvgIpc) is 2.80. The Morgan fingerprint density at radius 3 is 2.19 bits per heavy atom. The molecule has 0 saturated heterocycles. The molecule has 1 amide bonds. The van der Waals surface area contributed by atoms with Crippen LogP contribution in [0.3, 0.4) is 0 Å². The predicted molar refractivity (Wildman–Crippen MR) is 121 cm³/mol. The summed E-state index contributed by atoms with van der Waals surface area (Å²) in [7, 11) is -0.727. The molecule has 0 heterocycles. The van der Waals surface area contributed by atoms with Crippen molar-refractivity contribution in [2.24, 2.45) is 0 Å². The van der Waals surface area contributed by atoms with Crippen molar-refractivity contribution in [3.8, 4) is 11.5 Å². The summed E-state index contributed by atoms with van der Waals surface area (Å²) in [5, 5.41) is 2.77. The lowest BCUT2D eigenvalue weighted by molar-refractivity contribution is 0.102. The van der Waals surface area contributed by atoms with E-state index in [0.717, 1.165) is 0 Å². The molecule has 0 bridgehead atoms. The van der Waals surface area contributed by atoms with Crippen molar-refractivity contribution >= 4 is 27.3 Å². The molecule has 31 heavy (non-hydrogen) atoms. The predicted octanol–water partition coefficient (Wildman–Crippen LogP) is 4.17. The number of sulfonamides is 1. The van der Waals surface area contributed by atoms with Crippen LogP contribution in [0.5, 0.6) is 11.5 Å². The standard InChI is InChI=1S/C23H24N2O5S/c1-4-25(18-8-6-5-7-9-18)31(27,28)20-13-10-17(11-14-20)23(26)24-21-16-19(29-2)12-15-22(21)30-3/h5-16H,4H2,1-3H3,(H,24,26). The summed E-state index contributed by atoms with van der Waals surface area (Å²) >= 11 is 0. The van der Waals surface area contributed by atoms with Gasteiger partial charge in [0.15, 0.2) is 0 Å². The van der Waals surface area contributed by atoms with E-state index in [1.54, 1.807) is 49.4 Å². The number of para-hydroxylation sites is 1. The number of hydrogen-bond acceptors (Lipinski definition) is 5. The van der Waals surface area contributed by atoms with Crippen LogP contribution in [0, 0.1) is 0 Å². The summed E-state index contributed by atoms with van der Waals surface area (Å²) in [6.07, 6.45) is 0. The fraction of sp³-hybridized carbons (Fsp3) is 0.174. The zero-order valence-electron chi connectivity index (χ0n) is 17.5. The molecule has 162 valence electrons. The number of carbonyl (C=O) groups is 1. The maximum absolute atomic E-state index is 13.1. The minimum Gasteiger partial charge on any atom is -0.497 e. The molecule has 0 saturated carbocycles. The van der Waals surface area contributed by atoms with Crippen LogP contribution in [0.1, 0.15) is 17.3 Å². The number of methoxy groups -OCH3 is 2. The van der Waals surface area contributed by atoms with E-state index in [1.165, 1.54) is 42.8 Å². The number of amides is 1. The fourth-order valence-electron chi connectivity index (χ4n) is 3.10. The molecule has 0 radical (unpaired) electrons. The lowest BCUT2D eigenvalue weighted by Gasteiger charge is -2.23. The van der Waals surface area contributed by atoms with Gasteiger partial charge >= 0.3 is 0 Å². The molecule has 1 N–H and O–H groups in total. The second-order valence-electron chi connectivity index (χ2n) is 6.55. The lowest BCUT2D eigenvalue weighted by Crippen LogP contribution is -2.30. The minimum atomic E-state index is -3.76. The first kappa shape index (κ1) is 22.2. The summed E-state index contributed by atoms with van der Waals surface area (Å²) in [6.45, 7) is 2.05. The molecule has 0 aliphatic carbocycles. The molecular formula is C23H24N2O5S. The van der Waals surface area contributed by atoms with Crippen LogP contribution >= 0.6 is 0 Å². The Morgan fingerprint density at radius 2 is 1.61 bits per heavy atom. The van der Waals surface area contributed by atoms with E-state index in [1.807, 2.05) is 6.07 Å². The highest BCUT2D eigenvalue weighted by Gasteiger charge is 2.23. The number of rotatable bonds is 8. The molecule has 0 unspecified atom stereocenters. The smallest absolute Gasteiger partial charge is 0.264 e. The van der Waals surface area contributed by atoms with Gasteiger partial charge in [-0.15, -0.1) is 0 Å². The van der Waals surface area contributed by atoms with Gasteiger partial charge in [-0.3, -0.25) is 9.10 Å². The van der Waals surface area contributed by atoms with E-state index in [2.05, 4.69) is 5.32 Å². The Bertz CT molecular complexity index is 1150. The Balaban J connectivity index is 1.83. The van der Waals surface area contributed by atoms with Crippen molar-refractivity contribution < 1.29 is 22.7 Å². The van der Waals surface area contributed by atoms with Gasteiger partial charge in [0.2, 0.25) is 0 Å². The van der Waals surface area contributed by atoms with Crippen LogP contribution < -0.4 is 19.1 Å². The van der Waals surface area contributed by atoms with E-state index >= 15 is 0 Å². The van der Waals surface area contributed by atoms with Crippen molar-refractivity contribution in [3.63, 3.8) is 0 Å². The zero-order valence-corrected chi connectivity index (χ0v) is 18.3. The quantitative estimate of drug-likeness (QED) is 0.568. The van der Waals surface area contributed by atoms with Crippen LogP contribution in [-0.4, -0.2) is 35.1 Å². The first-order valence-electron chi connectivity index (χ1n) is 9.62. The Hall–Kier alpha value is -3.52. The van der Waals surface area contributed by atoms with Crippen LogP contribution in [0.25, 0.3) is 0 Å². The van der Waals surface area contributed by atoms with Gasteiger partial charge in [0.1, 0.15) is 11.5 Å². The van der Waals surface area contributed by atoms with Gasteiger partial charge in [0.25, 0.3) is 15.9 Å². The number of ether oxygens (including phenoxy) is 2. The molecule has 0 aromatic heterocycles. The molecule has 3 rings (SSSR count). The van der Waals surface area contributed by atoms with Crippen LogP contribution in [0.15, 0.2) is 77.7 Å². The van der Waals surface area contributed by atoms with Gasteiger partial charge in [0.05, 0.1) is 30.5 Å². The number of nitrogens with zero attached hydrogens (tertiary/aromatic N) is 1. The average molecular weight is 441 g/mol. The SMILES string of the molecule is CCN(c1ccccc1)S(=O)(=O)c1ccc(C(=O)Nc2cc(OC)ccc2OC)cc1. The second kappa shape index (κ2) is 9.53. The summed E-state index contributed by atoms with van der Waals surface area (Å²) in [5.41, 5.74) is 1.34. The van der Waals surface area contributed by atoms with E-state index in [9.17, 15) is 13.2 Å². The summed E-state index contributed by atoms with van der Waals surface area (Å²) in [4.78, 5) is 12.8.